The molecule has 5 aliphatic rings. The molecule has 24 heavy (non-hydrogen) atoms. The molecule has 0 aromatic heterocycles. The Balaban J connectivity index is 1.53. The quantitative estimate of drug-likeness (QED) is 0.783. The molecule has 4 heteroatoms. The Morgan fingerprint density at radius 1 is 1.12 bits per heavy atom. The molecular formula is C20H30O4. The molecule has 134 valence electrons. The fourth-order valence-electron chi connectivity index (χ4n) is 7.62. The maximum Gasteiger partial charge on any atom is 0.309 e. The lowest BCUT2D eigenvalue weighted by molar-refractivity contribution is -0.171. The summed E-state index contributed by atoms with van der Waals surface area (Å²) in [5, 5.41) is 9.94. The third-order valence-electron chi connectivity index (χ3n) is 8.95. The highest BCUT2D eigenvalue weighted by Gasteiger charge is 2.85. The van der Waals surface area contributed by atoms with Crippen LogP contribution >= 0.6 is 0 Å². The van der Waals surface area contributed by atoms with Gasteiger partial charge in [0.1, 0.15) is 17.3 Å². The maximum atomic E-state index is 12.1. The van der Waals surface area contributed by atoms with Crippen LogP contribution in [0.15, 0.2) is 0 Å². The summed E-state index contributed by atoms with van der Waals surface area (Å²) in [7, 11) is 0. The van der Waals surface area contributed by atoms with Crippen molar-refractivity contribution in [1.29, 1.82) is 0 Å². The predicted molar refractivity (Wildman–Crippen MR) is 88.6 cm³/mol. The van der Waals surface area contributed by atoms with Crippen LogP contribution < -0.4 is 0 Å². The van der Waals surface area contributed by atoms with Crippen LogP contribution in [0.5, 0.6) is 0 Å². The number of hydrogen-bond donors (Lipinski definition) is 1. The van der Waals surface area contributed by atoms with Crippen molar-refractivity contribution < 1.29 is 19.4 Å². The molecule has 1 N–H and O–H groups in total. The molecule has 0 aromatic carbocycles. The van der Waals surface area contributed by atoms with Crippen molar-refractivity contribution in [2.24, 2.45) is 28.6 Å². The fraction of sp³-hybridized carbons (Fsp3) is 0.950. The van der Waals surface area contributed by atoms with E-state index in [2.05, 4.69) is 20.8 Å². The first kappa shape index (κ1) is 15.6. The van der Waals surface area contributed by atoms with Gasteiger partial charge in [-0.15, -0.1) is 0 Å². The van der Waals surface area contributed by atoms with Crippen molar-refractivity contribution in [3.05, 3.63) is 0 Å². The highest BCUT2D eigenvalue weighted by atomic mass is 16.7. The predicted octanol–water partition coefficient (Wildman–Crippen LogP) is 3.63. The summed E-state index contributed by atoms with van der Waals surface area (Å²) >= 11 is 0. The molecule has 2 aliphatic heterocycles. The van der Waals surface area contributed by atoms with Crippen LogP contribution in [0.2, 0.25) is 0 Å². The van der Waals surface area contributed by atoms with Crippen LogP contribution in [-0.4, -0.2) is 34.5 Å². The van der Waals surface area contributed by atoms with Crippen molar-refractivity contribution in [2.45, 2.75) is 89.6 Å². The number of aliphatic carboxylic acids is 1. The Labute approximate surface area is 144 Å². The Kier molecular flexibility index (Phi) is 2.73. The van der Waals surface area contributed by atoms with Crippen molar-refractivity contribution in [2.75, 3.05) is 0 Å². The number of carboxylic acid groups (broad SMARTS) is 1. The van der Waals surface area contributed by atoms with Gasteiger partial charge in [-0.05, 0) is 62.2 Å². The summed E-state index contributed by atoms with van der Waals surface area (Å²) in [5.74, 6) is 0.626. The zero-order chi connectivity index (χ0) is 17.1. The standard InChI is InChI=1S/C20H30O4/c1-11(2)20-14(23-20)10-13-17(3)7-5-8-18(4,16(21)22)12(17)6-9-19(13)15(20)24-19/h11-15H,5-10H2,1-4H3,(H,21,22). The maximum absolute atomic E-state index is 12.1. The smallest absolute Gasteiger partial charge is 0.309 e. The highest BCUT2D eigenvalue weighted by molar-refractivity contribution is 5.75. The molecule has 3 aliphatic carbocycles. The van der Waals surface area contributed by atoms with Crippen LogP contribution in [0.4, 0.5) is 0 Å². The minimum absolute atomic E-state index is 0.0146. The average molecular weight is 334 g/mol. The molecular weight excluding hydrogens is 304 g/mol. The summed E-state index contributed by atoms with van der Waals surface area (Å²) in [6.07, 6.45) is 6.65. The van der Waals surface area contributed by atoms with Gasteiger partial charge in [0, 0.05) is 0 Å². The summed E-state index contributed by atoms with van der Waals surface area (Å²) in [5.41, 5.74) is -0.548. The summed E-state index contributed by atoms with van der Waals surface area (Å²) < 4.78 is 12.7. The van der Waals surface area contributed by atoms with E-state index in [4.69, 9.17) is 9.47 Å². The van der Waals surface area contributed by atoms with Crippen molar-refractivity contribution in [3.8, 4) is 0 Å². The topological polar surface area (TPSA) is 62.4 Å². The number of fused-ring (bicyclic) bond motifs is 4. The molecule has 3 saturated carbocycles. The van der Waals surface area contributed by atoms with Crippen molar-refractivity contribution in [1.82, 2.24) is 0 Å². The third kappa shape index (κ3) is 1.48. The highest BCUT2D eigenvalue weighted by Crippen LogP contribution is 2.76. The number of epoxide rings is 2. The SMILES string of the molecule is CC(C)C12OC1CC1C3(C)CCCC(C)(C(=O)O)C3CCC13OC32. The molecule has 8 atom stereocenters. The lowest BCUT2D eigenvalue weighted by Crippen LogP contribution is -2.60. The van der Waals surface area contributed by atoms with Gasteiger partial charge in [0.05, 0.1) is 11.5 Å². The molecule has 5 rings (SSSR count). The molecule has 0 radical (unpaired) electrons. The van der Waals surface area contributed by atoms with Gasteiger partial charge in [0.2, 0.25) is 0 Å². The van der Waals surface area contributed by atoms with Crippen LogP contribution in [0.25, 0.3) is 0 Å². The van der Waals surface area contributed by atoms with Crippen LogP contribution in [0.1, 0.15) is 66.2 Å². The van der Waals surface area contributed by atoms with E-state index >= 15 is 0 Å². The van der Waals surface area contributed by atoms with E-state index in [0.717, 1.165) is 38.5 Å². The monoisotopic (exact) mass is 334 g/mol. The number of rotatable bonds is 2. The van der Waals surface area contributed by atoms with Crippen LogP contribution in [-0.2, 0) is 14.3 Å². The van der Waals surface area contributed by atoms with Gasteiger partial charge in [-0.1, -0.05) is 27.2 Å². The zero-order valence-corrected chi connectivity index (χ0v) is 15.3. The molecule has 2 heterocycles. The van der Waals surface area contributed by atoms with E-state index < -0.39 is 11.4 Å². The molecule has 4 nitrogen and oxygen atoms in total. The molecule has 2 saturated heterocycles. The van der Waals surface area contributed by atoms with Gasteiger partial charge in [-0.2, -0.15) is 0 Å². The lowest BCUT2D eigenvalue weighted by Gasteiger charge is -2.59. The van der Waals surface area contributed by atoms with Crippen LogP contribution in [0, 0.1) is 28.6 Å². The van der Waals surface area contributed by atoms with Gasteiger partial charge in [-0.25, -0.2) is 0 Å². The second-order valence-corrected chi connectivity index (χ2v) is 10.0. The van der Waals surface area contributed by atoms with Gasteiger partial charge >= 0.3 is 5.97 Å². The van der Waals surface area contributed by atoms with E-state index in [0.29, 0.717) is 17.9 Å². The second kappa shape index (κ2) is 4.20. The normalized spacial score (nSPS) is 60.5. The number of hydrogen-bond acceptors (Lipinski definition) is 3. The molecule has 5 fully saturated rings. The minimum atomic E-state index is -0.599. The zero-order valence-electron chi connectivity index (χ0n) is 15.3. The summed E-state index contributed by atoms with van der Waals surface area (Å²) in [6, 6.07) is 0. The van der Waals surface area contributed by atoms with Crippen LogP contribution in [0.3, 0.4) is 0 Å². The second-order valence-electron chi connectivity index (χ2n) is 10.0. The Bertz CT molecular complexity index is 617. The molecule has 1 spiro atoms. The van der Waals surface area contributed by atoms with Crippen molar-refractivity contribution in [3.63, 3.8) is 0 Å². The largest absolute Gasteiger partial charge is 0.481 e. The average Bonchev–Trinajstić information content (AvgIpc) is 3.37. The molecule has 0 aromatic rings. The first-order valence-electron chi connectivity index (χ1n) is 9.81. The van der Waals surface area contributed by atoms with Gasteiger partial charge in [0.25, 0.3) is 0 Å². The summed E-state index contributed by atoms with van der Waals surface area (Å²) in [6.45, 7) is 8.87. The number of carboxylic acids is 1. The number of carbonyl (C=O) groups is 1. The third-order valence-corrected chi connectivity index (χ3v) is 8.95. The van der Waals surface area contributed by atoms with Gasteiger partial charge in [-0.3, -0.25) is 4.79 Å². The Hall–Kier alpha value is -0.610. The fourth-order valence-corrected chi connectivity index (χ4v) is 7.62. The van der Waals surface area contributed by atoms with E-state index in [1.54, 1.807) is 0 Å². The van der Waals surface area contributed by atoms with Gasteiger partial charge in [0.15, 0.2) is 0 Å². The lowest BCUT2D eigenvalue weighted by atomic mass is 9.43. The molecule has 0 bridgehead atoms. The molecule has 0 amide bonds. The Morgan fingerprint density at radius 2 is 1.88 bits per heavy atom. The number of ether oxygens (including phenoxy) is 2. The van der Waals surface area contributed by atoms with Crippen molar-refractivity contribution >= 4 is 5.97 Å². The van der Waals surface area contributed by atoms with Gasteiger partial charge < -0.3 is 14.6 Å². The molecule has 8 unspecified atom stereocenters. The summed E-state index contributed by atoms with van der Waals surface area (Å²) in [4.78, 5) is 12.1. The first-order valence-corrected chi connectivity index (χ1v) is 9.81. The van der Waals surface area contributed by atoms with E-state index in [1.807, 2.05) is 6.92 Å². The van der Waals surface area contributed by atoms with E-state index in [-0.39, 0.29) is 28.6 Å². The minimum Gasteiger partial charge on any atom is -0.481 e. The van der Waals surface area contributed by atoms with E-state index in [1.165, 1.54) is 0 Å². The Morgan fingerprint density at radius 3 is 2.54 bits per heavy atom. The van der Waals surface area contributed by atoms with E-state index in [9.17, 15) is 9.90 Å². The first-order chi connectivity index (χ1) is 11.2.